The van der Waals surface area contributed by atoms with E-state index in [1.807, 2.05) is 0 Å². The van der Waals surface area contributed by atoms with Crippen LogP contribution >= 0.6 is 0 Å². The maximum absolute atomic E-state index is 13.0. The van der Waals surface area contributed by atoms with Crippen LogP contribution in [0.5, 0.6) is 5.75 Å². The fourth-order valence-corrected chi connectivity index (χ4v) is 3.89. The van der Waals surface area contributed by atoms with Crippen LogP contribution in [0.15, 0.2) is 24.3 Å². The maximum Gasteiger partial charge on any atom is 0.314 e. The second-order valence-corrected chi connectivity index (χ2v) is 6.70. The summed E-state index contributed by atoms with van der Waals surface area (Å²) < 4.78 is 10.4. The molecule has 7 heteroatoms. The summed E-state index contributed by atoms with van der Waals surface area (Å²) in [6, 6.07) is 6.56. The number of hydrogen-bond acceptors (Lipinski definition) is 5. The van der Waals surface area contributed by atoms with Gasteiger partial charge in [-0.2, -0.15) is 0 Å². The third-order valence-electron chi connectivity index (χ3n) is 5.14. The number of anilines is 1. The van der Waals surface area contributed by atoms with E-state index in [9.17, 15) is 14.4 Å². The van der Waals surface area contributed by atoms with Crippen molar-refractivity contribution < 1.29 is 28.8 Å². The summed E-state index contributed by atoms with van der Waals surface area (Å²) in [5, 5.41) is 0. The number of nitrogens with zero attached hydrogens (tertiary/aromatic N) is 1. The quantitative estimate of drug-likeness (QED) is 0.598. The molecule has 26 heavy (non-hydrogen) atoms. The van der Waals surface area contributed by atoms with E-state index in [4.69, 9.17) is 9.47 Å². The van der Waals surface area contributed by atoms with Crippen LogP contribution in [-0.4, -0.2) is 50.6 Å². The fourth-order valence-electron chi connectivity index (χ4n) is 3.89. The SMILES string of the molecule is CCOC(=O)[C@H]1CCC[NH+]([C@@H]2CC(=O)N(c3ccccc3OC)C2=O)C1. The molecule has 140 valence electrons. The van der Waals surface area contributed by atoms with Crippen LogP contribution < -0.4 is 14.5 Å². The minimum Gasteiger partial charge on any atom is -0.495 e. The maximum atomic E-state index is 13.0. The van der Waals surface area contributed by atoms with Crippen molar-refractivity contribution in [2.45, 2.75) is 32.2 Å². The van der Waals surface area contributed by atoms with Gasteiger partial charge in [0.1, 0.15) is 11.7 Å². The van der Waals surface area contributed by atoms with Gasteiger partial charge in [0.2, 0.25) is 5.91 Å². The van der Waals surface area contributed by atoms with Crippen LogP contribution in [0.3, 0.4) is 0 Å². The Balaban J connectivity index is 1.77. The molecule has 0 aromatic heterocycles. The highest BCUT2D eigenvalue weighted by Crippen LogP contribution is 2.31. The van der Waals surface area contributed by atoms with E-state index in [-0.39, 0.29) is 30.1 Å². The summed E-state index contributed by atoms with van der Waals surface area (Å²) in [7, 11) is 1.52. The molecule has 2 aliphatic heterocycles. The van der Waals surface area contributed by atoms with Crippen molar-refractivity contribution in [3.8, 4) is 5.75 Å². The van der Waals surface area contributed by atoms with E-state index in [2.05, 4.69) is 0 Å². The van der Waals surface area contributed by atoms with E-state index in [0.29, 0.717) is 24.6 Å². The molecule has 2 fully saturated rings. The minimum absolute atomic E-state index is 0.155. The minimum atomic E-state index is -0.454. The Morgan fingerprint density at radius 2 is 2.08 bits per heavy atom. The Kier molecular flexibility index (Phi) is 5.56. The molecular formula is C19H25N2O5+. The Morgan fingerprint density at radius 3 is 2.81 bits per heavy atom. The van der Waals surface area contributed by atoms with Crippen molar-refractivity contribution >= 4 is 23.5 Å². The van der Waals surface area contributed by atoms with Gasteiger partial charge in [-0.05, 0) is 31.9 Å². The number of benzene rings is 1. The summed E-state index contributed by atoms with van der Waals surface area (Å²) in [5.74, 6) is -0.368. The normalized spacial score (nSPS) is 26.1. The molecule has 3 atom stereocenters. The summed E-state index contributed by atoms with van der Waals surface area (Å²) >= 11 is 0. The largest absolute Gasteiger partial charge is 0.495 e. The molecule has 0 aliphatic carbocycles. The molecular weight excluding hydrogens is 336 g/mol. The van der Waals surface area contributed by atoms with E-state index in [0.717, 1.165) is 24.3 Å². The van der Waals surface area contributed by atoms with Crippen LogP contribution in [0.2, 0.25) is 0 Å². The number of carbonyl (C=O) groups is 3. The number of para-hydroxylation sites is 2. The predicted molar refractivity (Wildman–Crippen MR) is 93.9 cm³/mol. The van der Waals surface area contributed by atoms with Gasteiger partial charge in [-0.15, -0.1) is 0 Å². The zero-order valence-electron chi connectivity index (χ0n) is 15.2. The topological polar surface area (TPSA) is 77.3 Å². The summed E-state index contributed by atoms with van der Waals surface area (Å²) in [5.41, 5.74) is 0.478. The Morgan fingerprint density at radius 1 is 1.31 bits per heavy atom. The lowest BCUT2D eigenvalue weighted by atomic mass is 9.96. The van der Waals surface area contributed by atoms with E-state index < -0.39 is 6.04 Å². The molecule has 1 aromatic carbocycles. The molecule has 7 nitrogen and oxygen atoms in total. The third-order valence-corrected chi connectivity index (χ3v) is 5.14. The van der Waals surface area contributed by atoms with Crippen molar-refractivity contribution in [1.29, 1.82) is 0 Å². The van der Waals surface area contributed by atoms with Crippen LogP contribution in [0.4, 0.5) is 5.69 Å². The lowest BCUT2D eigenvalue weighted by Gasteiger charge is -2.31. The summed E-state index contributed by atoms with van der Waals surface area (Å²) in [6.45, 7) is 3.45. The highest BCUT2D eigenvalue weighted by molar-refractivity contribution is 6.22. The molecule has 2 amide bonds. The molecule has 3 rings (SSSR count). The molecule has 1 unspecified atom stereocenters. The lowest BCUT2D eigenvalue weighted by Crippen LogP contribution is -3.18. The molecule has 2 heterocycles. The summed E-state index contributed by atoms with van der Waals surface area (Å²) in [6.07, 6.45) is 1.76. The molecule has 0 radical (unpaired) electrons. The van der Waals surface area contributed by atoms with Crippen LogP contribution in [0.25, 0.3) is 0 Å². The number of imide groups is 1. The molecule has 2 saturated heterocycles. The molecule has 1 N–H and O–H groups in total. The molecule has 0 saturated carbocycles. The molecule has 0 spiro atoms. The van der Waals surface area contributed by atoms with Gasteiger partial charge >= 0.3 is 5.97 Å². The first-order chi connectivity index (χ1) is 12.6. The smallest absolute Gasteiger partial charge is 0.314 e. The number of hydrogen-bond donors (Lipinski definition) is 1. The average Bonchev–Trinajstić information content (AvgIpc) is 2.96. The predicted octanol–water partition coefficient (Wildman–Crippen LogP) is 0.185. The Hall–Kier alpha value is -2.41. The molecule has 2 aliphatic rings. The number of methoxy groups -OCH3 is 1. The number of esters is 1. The summed E-state index contributed by atoms with van der Waals surface area (Å²) in [4.78, 5) is 39.8. The first-order valence-corrected chi connectivity index (χ1v) is 9.07. The van der Waals surface area contributed by atoms with Crippen molar-refractivity contribution in [3.05, 3.63) is 24.3 Å². The zero-order valence-corrected chi connectivity index (χ0v) is 15.2. The lowest BCUT2D eigenvalue weighted by molar-refractivity contribution is -0.922. The highest BCUT2D eigenvalue weighted by atomic mass is 16.5. The zero-order chi connectivity index (χ0) is 18.7. The number of quaternary nitrogens is 1. The van der Waals surface area contributed by atoms with Crippen molar-refractivity contribution in [2.24, 2.45) is 5.92 Å². The fraction of sp³-hybridized carbons (Fsp3) is 0.526. The standard InChI is InChI=1S/C19H24N2O5/c1-3-26-19(24)13-7-6-10-20(12-13)15-11-17(22)21(18(15)23)14-8-4-5-9-16(14)25-2/h4-5,8-9,13,15H,3,6-7,10-12H2,1-2H3/p+1/t13-,15+/m0/s1. The van der Waals surface area contributed by atoms with Gasteiger partial charge in [-0.1, -0.05) is 12.1 Å². The number of rotatable bonds is 5. The van der Waals surface area contributed by atoms with Crippen LogP contribution in [0, 0.1) is 5.92 Å². The first kappa shape index (κ1) is 18.4. The second kappa shape index (κ2) is 7.86. The van der Waals surface area contributed by atoms with Gasteiger partial charge in [0.05, 0.1) is 38.9 Å². The number of likely N-dealkylation sites (tertiary alicyclic amines) is 1. The number of nitrogens with one attached hydrogen (secondary N) is 1. The van der Waals surface area contributed by atoms with Crippen LogP contribution in [-0.2, 0) is 19.1 Å². The van der Waals surface area contributed by atoms with Crippen molar-refractivity contribution in [1.82, 2.24) is 0 Å². The Labute approximate surface area is 152 Å². The third kappa shape index (κ3) is 3.44. The molecule has 0 bridgehead atoms. The van der Waals surface area contributed by atoms with E-state index >= 15 is 0 Å². The number of ether oxygens (including phenoxy) is 2. The number of piperidine rings is 1. The Bertz CT molecular complexity index is 705. The van der Waals surface area contributed by atoms with Crippen molar-refractivity contribution in [3.63, 3.8) is 0 Å². The van der Waals surface area contributed by atoms with Gasteiger partial charge in [-0.25, -0.2) is 4.90 Å². The van der Waals surface area contributed by atoms with Gasteiger partial charge in [-0.3, -0.25) is 14.4 Å². The van der Waals surface area contributed by atoms with Gasteiger partial charge in [0.25, 0.3) is 5.91 Å². The number of amides is 2. The van der Waals surface area contributed by atoms with Gasteiger partial charge in [0.15, 0.2) is 6.04 Å². The highest BCUT2D eigenvalue weighted by Gasteiger charge is 2.48. The van der Waals surface area contributed by atoms with Gasteiger partial charge < -0.3 is 14.4 Å². The van der Waals surface area contributed by atoms with Crippen molar-refractivity contribution in [2.75, 3.05) is 31.7 Å². The monoisotopic (exact) mass is 361 g/mol. The average molecular weight is 361 g/mol. The number of carbonyl (C=O) groups excluding carboxylic acids is 3. The van der Waals surface area contributed by atoms with Crippen LogP contribution in [0.1, 0.15) is 26.2 Å². The van der Waals surface area contributed by atoms with E-state index in [1.165, 1.54) is 12.0 Å². The molecule has 1 aromatic rings. The second-order valence-electron chi connectivity index (χ2n) is 6.70. The van der Waals surface area contributed by atoms with E-state index in [1.54, 1.807) is 31.2 Å². The first-order valence-electron chi connectivity index (χ1n) is 9.07. The van der Waals surface area contributed by atoms with Gasteiger partial charge in [0, 0.05) is 0 Å².